The highest BCUT2D eigenvalue weighted by atomic mass is 16.6. The van der Waals surface area contributed by atoms with Gasteiger partial charge in [-0.2, -0.15) is 0 Å². The Bertz CT molecular complexity index is 894. The molecule has 2 aromatic rings. The summed E-state index contributed by atoms with van der Waals surface area (Å²) < 4.78 is 12.3. The molecule has 224 valence electrons. The minimum Gasteiger partial charge on any atom is -0.487 e. The summed E-state index contributed by atoms with van der Waals surface area (Å²) in [6.07, 6.45) is 18.8. The molecule has 0 saturated heterocycles. The fraction of sp³-hybridized carbons (Fsp3) is 0.639. The van der Waals surface area contributed by atoms with E-state index in [0.717, 1.165) is 36.2 Å². The number of carbonyl (C=O) groups is 1. The normalized spacial score (nSPS) is 12.3. The first-order valence-electron chi connectivity index (χ1n) is 16.1. The van der Waals surface area contributed by atoms with Gasteiger partial charge in [0, 0.05) is 12.0 Å². The summed E-state index contributed by atoms with van der Waals surface area (Å²) in [5, 5.41) is 0. The Balaban J connectivity index is 1.49. The molecule has 4 heteroatoms. The van der Waals surface area contributed by atoms with Gasteiger partial charge < -0.3 is 14.0 Å². The van der Waals surface area contributed by atoms with Gasteiger partial charge in [0.1, 0.15) is 25.0 Å². The van der Waals surface area contributed by atoms with E-state index < -0.39 is 0 Å². The lowest BCUT2D eigenvalue weighted by Crippen LogP contribution is -2.39. The summed E-state index contributed by atoms with van der Waals surface area (Å²) in [7, 11) is 4.41. The molecule has 0 fully saturated rings. The monoisotopic (exact) mass is 552 g/mol. The fourth-order valence-electron chi connectivity index (χ4n) is 5.26. The van der Waals surface area contributed by atoms with E-state index in [9.17, 15) is 4.79 Å². The van der Waals surface area contributed by atoms with Crippen molar-refractivity contribution in [3.63, 3.8) is 0 Å². The number of ether oxygens (including phenoxy) is 2. The predicted octanol–water partition coefficient (Wildman–Crippen LogP) is 9.30. The van der Waals surface area contributed by atoms with E-state index in [1.807, 2.05) is 25.1 Å². The molecule has 0 spiro atoms. The molecule has 0 heterocycles. The van der Waals surface area contributed by atoms with Gasteiger partial charge >= 0.3 is 5.97 Å². The molecule has 0 aliphatic heterocycles. The maximum absolute atomic E-state index is 12.3. The molecule has 1 unspecified atom stereocenters. The van der Waals surface area contributed by atoms with Gasteiger partial charge in [0.2, 0.25) is 0 Å². The average Bonchev–Trinajstić information content (AvgIpc) is 2.93. The van der Waals surface area contributed by atoms with E-state index in [2.05, 4.69) is 57.4 Å². The SMILES string of the molecule is CCCCCCCCCCCCCCc1ccc(OC(C)COC(=O)CCC[N+](C)(C)Cc2ccccc2)cc1. The quantitative estimate of drug-likeness (QED) is 0.0783. The second-order valence-electron chi connectivity index (χ2n) is 12.3. The van der Waals surface area contributed by atoms with Crippen LogP contribution in [0.3, 0.4) is 0 Å². The van der Waals surface area contributed by atoms with Crippen LogP contribution in [0.2, 0.25) is 0 Å². The van der Waals surface area contributed by atoms with Gasteiger partial charge in [-0.3, -0.25) is 4.79 Å². The molecule has 0 bridgehead atoms. The number of benzene rings is 2. The first-order valence-corrected chi connectivity index (χ1v) is 16.1. The largest absolute Gasteiger partial charge is 0.487 e. The highest BCUT2D eigenvalue weighted by Gasteiger charge is 2.17. The maximum Gasteiger partial charge on any atom is 0.306 e. The Labute approximate surface area is 246 Å². The minimum absolute atomic E-state index is 0.145. The van der Waals surface area contributed by atoms with Crippen LogP contribution in [0, 0.1) is 0 Å². The molecule has 0 saturated carbocycles. The van der Waals surface area contributed by atoms with E-state index in [1.54, 1.807) is 0 Å². The number of hydrogen-bond donors (Lipinski definition) is 0. The van der Waals surface area contributed by atoms with Crippen LogP contribution in [0.5, 0.6) is 5.75 Å². The molecule has 2 rings (SSSR count). The highest BCUT2D eigenvalue weighted by molar-refractivity contribution is 5.69. The second kappa shape index (κ2) is 20.5. The van der Waals surface area contributed by atoms with Gasteiger partial charge in [-0.25, -0.2) is 0 Å². The van der Waals surface area contributed by atoms with Gasteiger partial charge in [-0.1, -0.05) is 120 Å². The molecule has 4 nitrogen and oxygen atoms in total. The predicted molar refractivity (Wildman–Crippen MR) is 169 cm³/mol. The number of rotatable bonds is 23. The van der Waals surface area contributed by atoms with E-state index in [4.69, 9.17) is 9.47 Å². The molecule has 0 amide bonds. The minimum atomic E-state index is -0.170. The summed E-state index contributed by atoms with van der Waals surface area (Å²) in [6, 6.07) is 18.9. The van der Waals surface area contributed by atoms with E-state index in [1.165, 1.54) is 88.2 Å². The van der Waals surface area contributed by atoms with Crippen molar-refractivity contribution < 1.29 is 18.8 Å². The lowest BCUT2D eigenvalue weighted by Gasteiger charge is -2.29. The van der Waals surface area contributed by atoms with Crippen molar-refractivity contribution in [2.75, 3.05) is 27.2 Å². The number of quaternary nitrogens is 1. The topological polar surface area (TPSA) is 35.5 Å². The van der Waals surface area contributed by atoms with Crippen LogP contribution in [0.4, 0.5) is 0 Å². The molecule has 2 aromatic carbocycles. The van der Waals surface area contributed by atoms with Crippen molar-refractivity contribution in [3.05, 3.63) is 65.7 Å². The number of nitrogens with zero attached hydrogens (tertiary/aromatic N) is 1. The first kappa shape index (κ1) is 33.9. The van der Waals surface area contributed by atoms with Crippen LogP contribution in [0.15, 0.2) is 54.6 Å². The van der Waals surface area contributed by atoms with Gasteiger partial charge in [-0.05, 0) is 37.5 Å². The molecular weight excluding hydrogens is 494 g/mol. The summed E-state index contributed by atoms with van der Waals surface area (Å²) in [4.78, 5) is 12.3. The second-order valence-corrected chi connectivity index (χ2v) is 12.3. The Morgan fingerprint density at radius 1 is 0.725 bits per heavy atom. The van der Waals surface area contributed by atoms with Crippen LogP contribution in [0.25, 0.3) is 0 Å². The Hall–Kier alpha value is -2.33. The molecular formula is C36H58NO3+. The third kappa shape index (κ3) is 16.7. The van der Waals surface area contributed by atoms with Crippen molar-refractivity contribution >= 4 is 5.97 Å². The smallest absolute Gasteiger partial charge is 0.306 e. The number of hydrogen-bond acceptors (Lipinski definition) is 3. The molecule has 40 heavy (non-hydrogen) atoms. The van der Waals surface area contributed by atoms with Gasteiger partial charge in [0.25, 0.3) is 0 Å². The molecule has 0 aromatic heterocycles. The standard InChI is InChI=1S/C36H58NO3/c1-5-6-7-8-9-10-11-12-13-14-15-17-21-33-25-27-35(28-26-33)40-32(2)31-39-36(38)24-20-29-37(3,4)30-34-22-18-16-19-23-34/h16,18-19,22-23,25-28,32H,5-15,17,20-21,24,29-31H2,1-4H3/q+1. The lowest BCUT2D eigenvalue weighted by atomic mass is 10.0. The van der Waals surface area contributed by atoms with Crippen LogP contribution < -0.4 is 4.74 Å². The fourth-order valence-corrected chi connectivity index (χ4v) is 5.26. The Morgan fingerprint density at radius 3 is 1.90 bits per heavy atom. The van der Waals surface area contributed by atoms with Crippen molar-refractivity contribution in [1.82, 2.24) is 0 Å². The van der Waals surface area contributed by atoms with Crippen LogP contribution in [-0.4, -0.2) is 43.8 Å². The molecule has 0 N–H and O–H groups in total. The average molecular weight is 553 g/mol. The van der Waals surface area contributed by atoms with Crippen LogP contribution in [0.1, 0.15) is 115 Å². The lowest BCUT2D eigenvalue weighted by molar-refractivity contribution is -0.903. The van der Waals surface area contributed by atoms with Crippen molar-refractivity contribution in [3.8, 4) is 5.75 Å². The van der Waals surface area contributed by atoms with E-state index >= 15 is 0 Å². The molecule has 0 radical (unpaired) electrons. The van der Waals surface area contributed by atoms with Crippen molar-refractivity contribution in [1.29, 1.82) is 0 Å². The van der Waals surface area contributed by atoms with Crippen LogP contribution in [-0.2, 0) is 22.5 Å². The Kier molecular flexibility index (Phi) is 17.4. The molecule has 1 atom stereocenters. The third-order valence-electron chi connectivity index (χ3n) is 7.66. The number of aryl methyl sites for hydroxylation is 1. The zero-order valence-electron chi connectivity index (χ0n) is 26.2. The van der Waals surface area contributed by atoms with Crippen molar-refractivity contribution in [2.45, 2.75) is 123 Å². The number of unbranched alkanes of at least 4 members (excludes halogenated alkanes) is 11. The van der Waals surface area contributed by atoms with Crippen molar-refractivity contribution in [2.24, 2.45) is 0 Å². The first-order chi connectivity index (χ1) is 19.4. The van der Waals surface area contributed by atoms with Gasteiger partial charge in [0.05, 0.1) is 27.1 Å². The zero-order chi connectivity index (χ0) is 28.9. The van der Waals surface area contributed by atoms with E-state index in [0.29, 0.717) is 6.42 Å². The number of esters is 1. The van der Waals surface area contributed by atoms with E-state index in [-0.39, 0.29) is 18.7 Å². The summed E-state index contributed by atoms with van der Waals surface area (Å²) in [5.74, 6) is 0.690. The zero-order valence-corrected chi connectivity index (χ0v) is 26.2. The Morgan fingerprint density at radius 2 is 1.30 bits per heavy atom. The maximum atomic E-state index is 12.3. The van der Waals surface area contributed by atoms with Gasteiger partial charge in [-0.15, -0.1) is 0 Å². The van der Waals surface area contributed by atoms with Crippen LogP contribution >= 0.6 is 0 Å². The molecule has 0 aliphatic carbocycles. The van der Waals surface area contributed by atoms with Gasteiger partial charge in [0.15, 0.2) is 0 Å². The molecule has 0 aliphatic rings. The highest BCUT2D eigenvalue weighted by Crippen LogP contribution is 2.17. The summed E-state index contributed by atoms with van der Waals surface area (Å²) in [5.41, 5.74) is 2.69. The third-order valence-corrected chi connectivity index (χ3v) is 7.66. The summed E-state index contributed by atoms with van der Waals surface area (Å²) in [6.45, 7) is 6.40. The summed E-state index contributed by atoms with van der Waals surface area (Å²) >= 11 is 0. The number of carbonyl (C=O) groups excluding carboxylic acids is 1.